The molecule has 0 radical (unpaired) electrons. The zero-order valence-corrected chi connectivity index (χ0v) is 12.0. The molecule has 2 aromatic rings. The number of esters is 1. The number of anilines is 1. The van der Waals surface area contributed by atoms with Gasteiger partial charge in [0.1, 0.15) is 0 Å². The van der Waals surface area contributed by atoms with Crippen molar-refractivity contribution < 1.29 is 9.53 Å². The van der Waals surface area contributed by atoms with Crippen molar-refractivity contribution in [1.82, 2.24) is 0 Å². The Kier molecular flexibility index (Phi) is 4.41. The standard InChI is InChI=1S/C17H19NO2/c1-12-8-10-14(11-9-12)16(17(19)20-3)18-15-7-5-4-6-13(15)2/h4-11,16,18H,1-3H3. The van der Waals surface area contributed by atoms with Gasteiger partial charge in [0.2, 0.25) is 0 Å². The fourth-order valence-electron chi connectivity index (χ4n) is 2.05. The third-order valence-electron chi connectivity index (χ3n) is 3.29. The van der Waals surface area contributed by atoms with E-state index in [0.717, 1.165) is 22.4 Å². The first-order valence-electron chi connectivity index (χ1n) is 6.58. The van der Waals surface area contributed by atoms with Gasteiger partial charge < -0.3 is 10.1 Å². The van der Waals surface area contributed by atoms with Gasteiger partial charge in [0, 0.05) is 5.69 Å². The lowest BCUT2D eigenvalue weighted by atomic mass is 10.0. The zero-order valence-electron chi connectivity index (χ0n) is 12.0. The first-order valence-corrected chi connectivity index (χ1v) is 6.58. The van der Waals surface area contributed by atoms with Crippen molar-refractivity contribution in [3.8, 4) is 0 Å². The lowest BCUT2D eigenvalue weighted by molar-refractivity contribution is -0.141. The Morgan fingerprint density at radius 1 is 1.05 bits per heavy atom. The highest BCUT2D eigenvalue weighted by Gasteiger charge is 2.21. The SMILES string of the molecule is COC(=O)C(Nc1ccccc1C)c1ccc(C)cc1. The molecule has 0 aromatic heterocycles. The van der Waals surface area contributed by atoms with Crippen molar-refractivity contribution in [3.63, 3.8) is 0 Å². The Balaban J connectivity index is 2.31. The number of carbonyl (C=O) groups excluding carboxylic acids is 1. The van der Waals surface area contributed by atoms with Gasteiger partial charge in [-0.15, -0.1) is 0 Å². The minimum absolute atomic E-state index is 0.294. The summed E-state index contributed by atoms with van der Waals surface area (Å²) in [5, 5.41) is 3.26. The van der Waals surface area contributed by atoms with E-state index in [0.29, 0.717) is 0 Å². The number of hydrogen-bond acceptors (Lipinski definition) is 3. The number of rotatable bonds is 4. The maximum atomic E-state index is 12.0. The van der Waals surface area contributed by atoms with Crippen LogP contribution >= 0.6 is 0 Å². The van der Waals surface area contributed by atoms with Crippen LogP contribution in [0.2, 0.25) is 0 Å². The van der Waals surface area contributed by atoms with Gasteiger partial charge in [-0.05, 0) is 31.0 Å². The number of aryl methyl sites for hydroxylation is 2. The van der Waals surface area contributed by atoms with Crippen molar-refractivity contribution in [2.45, 2.75) is 19.9 Å². The van der Waals surface area contributed by atoms with Gasteiger partial charge in [0.05, 0.1) is 7.11 Å². The second kappa shape index (κ2) is 6.24. The number of hydrogen-bond donors (Lipinski definition) is 1. The Bertz CT molecular complexity index is 590. The molecule has 2 rings (SSSR count). The van der Waals surface area contributed by atoms with Gasteiger partial charge in [-0.3, -0.25) is 0 Å². The van der Waals surface area contributed by atoms with E-state index in [1.54, 1.807) is 0 Å². The van der Waals surface area contributed by atoms with E-state index in [1.165, 1.54) is 7.11 Å². The van der Waals surface area contributed by atoms with Gasteiger partial charge in [0.15, 0.2) is 6.04 Å². The maximum absolute atomic E-state index is 12.0. The van der Waals surface area contributed by atoms with Crippen LogP contribution in [0, 0.1) is 13.8 Å². The van der Waals surface area contributed by atoms with E-state index in [9.17, 15) is 4.79 Å². The number of para-hydroxylation sites is 1. The van der Waals surface area contributed by atoms with Crippen LogP contribution in [-0.2, 0) is 9.53 Å². The van der Waals surface area contributed by atoms with Crippen LogP contribution in [0.5, 0.6) is 0 Å². The Morgan fingerprint density at radius 2 is 1.70 bits per heavy atom. The van der Waals surface area contributed by atoms with Gasteiger partial charge >= 0.3 is 5.97 Å². The molecule has 0 saturated heterocycles. The van der Waals surface area contributed by atoms with Crippen LogP contribution in [0.1, 0.15) is 22.7 Å². The molecular weight excluding hydrogens is 250 g/mol. The molecule has 0 heterocycles. The lowest BCUT2D eigenvalue weighted by Gasteiger charge is -2.19. The van der Waals surface area contributed by atoms with E-state index >= 15 is 0 Å². The van der Waals surface area contributed by atoms with E-state index in [-0.39, 0.29) is 5.97 Å². The van der Waals surface area contributed by atoms with Gasteiger partial charge in [-0.25, -0.2) is 4.79 Å². The minimum atomic E-state index is -0.498. The summed E-state index contributed by atoms with van der Waals surface area (Å²) in [6.07, 6.45) is 0. The van der Waals surface area contributed by atoms with Crippen molar-refractivity contribution in [3.05, 3.63) is 65.2 Å². The third kappa shape index (κ3) is 3.18. The second-order valence-electron chi connectivity index (χ2n) is 4.83. The van der Waals surface area contributed by atoms with Crippen molar-refractivity contribution in [2.24, 2.45) is 0 Å². The fraction of sp³-hybridized carbons (Fsp3) is 0.235. The monoisotopic (exact) mass is 269 g/mol. The molecule has 1 atom stereocenters. The van der Waals surface area contributed by atoms with E-state index in [4.69, 9.17) is 4.74 Å². The fourth-order valence-corrected chi connectivity index (χ4v) is 2.05. The number of methoxy groups -OCH3 is 1. The first kappa shape index (κ1) is 14.1. The molecule has 0 aliphatic rings. The molecule has 1 N–H and O–H groups in total. The molecule has 0 spiro atoms. The summed E-state index contributed by atoms with van der Waals surface area (Å²) < 4.78 is 4.91. The van der Waals surface area contributed by atoms with E-state index in [2.05, 4.69) is 5.32 Å². The predicted octanol–water partition coefficient (Wildman–Crippen LogP) is 3.63. The number of nitrogens with one attached hydrogen (secondary N) is 1. The summed E-state index contributed by atoms with van der Waals surface area (Å²) in [5.74, 6) is -0.294. The Hall–Kier alpha value is -2.29. The average molecular weight is 269 g/mol. The van der Waals surface area contributed by atoms with Gasteiger partial charge in [0.25, 0.3) is 0 Å². The van der Waals surface area contributed by atoms with Crippen LogP contribution in [0.3, 0.4) is 0 Å². The average Bonchev–Trinajstić information content (AvgIpc) is 2.47. The topological polar surface area (TPSA) is 38.3 Å². The van der Waals surface area contributed by atoms with Crippen molar-refractivity contribution >= 4 is 11.7 Å². The van der Waals surface area contributed by atoms with Crippen LogP contribution in [0.4, 0.5) is 5.69 Å². The highest BCUT2D eigenvalue weighted by Crippen LogP contribution is 2.23. The van der Waals surface area contributed by atoms with Crippen LogP contribution in [0.15, 0.2) is 48.5 Å². The molecule has 2 aromatic carbocycles. The molecule has 0 aliphatic heterocycles. The Morgan fingerprint density at radius 3 is 2.30 bits per heavy atom. The van der Waals surface area contributed by atoms with E-state index in [1.807, 2.05) is 62.4 Å². The zero-order chi connectivity index (χ0) is 14.5. The van der Waals surface area contributed by atoms with Crippen molar-refractivity contribution in [1.29, 1.82) is 0 Å². The summed E-state index contributed by atoms with van der Waals surface area (Å²) in [4.78, 5) is 12.0. The van der Waals surface area contributed by atoms with Gasteiger partial charge in [-0.1, -0.05) is 48.0 Å². The molecule has 104 valence electrons. The molecule has 0 fully saturated rings. The Labute approximate surface area is 119 Å². The number of ether oxygens (including phenoxy) is 1. The van der Waals surface area contributed by atoms with Crippen LogP contribution < -0.4 is 5.32 Å². The molecule has 0 saturated carbocycles. The summed E-state index contributed by atoms with van der Waals surface area (Å²) >= 11 is 0. The van der Waals surface area contributed by atoms with E-state index < -0.39 is 6.04 Å². The lowest BCUT2D eigenvalue weighted by Crippen LogP contribution is -2.22. The van der Waals surface area contributed by atoms with Crippen LogP contribution in [0.25, 0.3) is 0 Å². The predicted molar refractivity (Wildman–Crippen MR) is 80.7 cm³/mol. The molecular formula is C17H19NO2. The largest absolute Gasteiger partial charge is 0.467 e. The highest BCUT2D eigenvalue weighted by molar-refractivity contribution is 5.81. The smallest absolute Gasteiger partial charge is 0.332 e. The highest BCUT2D eigenvalue weighted by atomic mass is 16.5. The summed E-state index contributed by atoms with van der Waals surface area (Å²) in [5.41, 5.74) is 4.08. The molecule has 3 heteroatoms. The number of benzene rings is 2. The maximum Gasteiger partial charge on any atom is 0.332 e. The minimum Gasteiger partial charge on any atom is -0.467 e. The normalized spacial score (nSPS) is 11.8. The number of carbonyl (C=O) groups is 1. The molecule has 0 bridgehead atoms. The molecule has 0 amide bonds. The van der Waals surface area contributed by atoms with Gasteiger partial charge in [-0.2, -0.15) is 0 Å². The quantitative estimate of drug-likeness (QED) is 0.861. The summed E-state index contributed by atoms with van der Waals surface area (Å²) in [6.45, 7) is 4.03. The second-order valence-corrected chi connectivity index (χ2v) is 4.83. The first-order chi connectivity index (χ1) is 9.61. The summed E-state index contributed by atoms with van der Waals surface area (Å²) in [6, 6.07) is 15.3. The molecule has 0 aliphatic carbocycles. The van der Waals surface area contributed by atoms with Crippen molar-refractivity contribution in [2.75, 3.05) is 12.4 Å². The molecule has 1 unspecified atom stereocenters. The molecule has 20 heavy (non-hydrogen) atoms. The summed E-state index contributed by atoms with van der Waals surface area (Å²) in [7, 11) is 1.41. The van der Waals surface area contributed by atoms with Crippen LogP contribution in [-0.4, -0.2) is 13.1 Å². The third-order valence-corrected chi connectivity index (χ3v) is 3.29. The molecule has 3 nitrogen and oxygen atoms in total.